The van der Waals surface area contributed by atoms with Crippen LogP contribution >= 0.6 is 23.8 Å². The van der Waals surface area contributed by atoms with Gasteiger partial charge in [-0.1, -0.05) is 35.9 Å². The molecule has 0 saturated carbocycles. The Bertz CT molecular complexity index is 732. The standard InChI is InChI=1S/C19H22ClN3OS/c1-24-16-6-4-5-15(13-16)14-22-9-11-23(12-10-22)19(25)21-18-8-3-2-7-17(18)20/h2-8,13H,9-12,14H2,1H3,(H,21,25). The van der Waals surface area contributed by atoms with Crippen LogP contribution < -0.4 is 10.1 Å². The maximum absolute atomic E-state index is 6.19. The Hall–Kier alpha value is -1.82. The van der Waals surface area contributed by atoms with Crippen molar-refractivity contribution in [2.75, 3.05) is 38.6 Å². The van der Waals surface area contributed by atoms with E-state index in [2.05, 4.69) is 27.2 Å². The summed E-state index contributed by atoms with van der Waals surface area (Å²) in [7, 11) is 1.70. The molecule has 132 valence electrons. The fraction of sp³-hybridized carbons (Fsp3) is 0.316. The zero-order valence-corrected chi connectivity index (χ0v) is 15.8. The molecular formula is C19H22ClN3OS. The predicted molar refractivity (Wildman–Crippen MR) is 108 cm³/mol. The summed E-state index contributed by atoms with van der Waals surface area (Å²) in [5, 5.41) is 4.66. The fourth-order valence-corrected chi connectivity index (χ4v) is 3.37. The first kappa shape index (κ1) is 18.0. The van der Waals surface area contributed by atoms with E-state index in [0.717, 1.165) is 49.3 Å². The van der Waals surface area contributed by atoms with Crippen LogP contribution in [0.5, 0.6) is 5.75 Å². The van der Waals surface area contributed by atoms with Crippen LogP contribution in [0.2, 0.25) is 5.02 Å². The summed E-state index contributed by atoms with van der Waals surface area (Å²) in [5.41, 5.74) is 2.12. The summed E-state index contributed by atoms with van der Waals surface area (Å²) in [6.07, 6.45) is 0. The highest BCUT2D eigenvalue weighted by atomic mass is 35.5. The Morgan fingerprint density at radius 1 is 1.12 bits per heavy atom. The minimum absolute atomic E-state index is 0.682. The Morgan fingerprint density at radius 2 is 1.88 bits per heavy atom. The second-order valence-electron chi connectivity index (χ2n) is 6.02. The van der Waals surface area contributed by atoms with E-state index in [9.17, 15) is 0 Å². The number of thiocarbonyl (C=S) groups is 1. The van der Waals surface area contributed by atoms with Crippen molar-refractivity contribution in [1.29, 1.82) is 0 Å². The van der Waals surface area contributed by atoms with Crippen molar-refractivity contribution >= 4 is 34.6 Å². The van der Waals surface area contributed by atoms with Crippen molar-refractivity contribution in [3.63, 3.8) is 0 Å². The van der Waals surface area contributed by atoms with Crippen LogP contribution in [-0.4, -0.2) is 48.2 Å². The lowest BCUT2D eigenvalue weighted by atomic mass is 10.2. The van der Waals surface area contributed by atoms with Crippen LogP contribution in [0.3, 0.4) is 0 Å². The minimum atomic E-state index is 0.682. The highest BCUT2D eigenvalue weighted by molar-refractivity contribution is 7.80. The lowest BCUT2D eigenvalue weighted by molar-refractivity contribution is 0.177. The molecule has 0 amide bonds. The average molecular weight is 376 g/mol. The third-order valence-corrected chi connectivity index (χ3v) is 5.01. The normalized spacial score (nSPS) is 15.0. The van der Waals surface area contributed by atoms with Gasteiger partial charge in [0, 0.05) is 32.7 Å². The minimum Gasteiger partial charge on any atom is -0.497 e. The van der Waals surface area contributed by atoms with E-state index in [1.807, 2.05) is 36.4 Å². The van der Waals surface area contributed by atoms with Crippen molar-refractivity contribution in [2.45, 2.75) is 6.54 Å². The van der Waals surface area contributed by atoms with Gasteiger partial charge in [-0.25, -0.2) is 0 Å². The molecule has 2 aromatic carbocycles. The van der Waals surface area contributed by atoms with Crippen molar-refractivity contribution in [2.24, 2.45) is 0 Å². The molecule has 1 heterocycles. The monoisotopic (exact) mass is 375 g/mol. The van der Waals surface area contributed by atoms with Crippen LogP contribution in [0, 0.1) is 0 Å². The number of nitrogens with zero attached hydrogens (tertiary/aromatic N) is 2. The molecule has 0 unspecified atom stereocenters. The maximum atomic E-state index is 6.19. The molecule has 25 heavy (non-hydrogen) atoms. The first-order valence-electron chi connectivity index (χ1n) is 8.31. The van der Waals surface area contributed by atoms with Gasteiger partial charge in [0.2, 0.25) is 0 Å². The summed E-state index contributed by atoms with van der Waals surface area (Å²) < 4.78 is 5.30. The zero-order chi connectivity index (χ0) is 17.6. The molecule has 0 aromatic heterocycles. The van der Waals surface area contributed by atoms with Gasteiger partial charge in [0.15, 0.2) is 5.11 Å². The quantitative estimate of drug-likeness (QED) is 0.819. The third-order valence-electron chi connectivity index (χ3n) is 4.32. The van der Waals surface area contributed by atoms with Gasteiger partial charge in [-0.15, -0.1) is 0 Å². The number of nitrogens with one attached hydrogen (secondary N) is 1. The molecule has 2 aromatic rings. The Kier molecular flexibility index (Phi) is 6.13. The van der Waals surface area contributed by atoms with Gasteiger partial charge in [-0.2, -0.15) is 0 Å². The number of benzene rings is 2. The van der Waals surface area contributed by atoms with Gasteiger partial charge in [0.25, 0.3) is 0 Å². The maximum Gasteiger partial charge on any atom is 0.173 e. The smallest absolute Gasteiger partial charge is 0.173 e. The summed E-state index contributed by atoms with van der Waals surface area (Å²) in [4.78, 5) is 4.63. The number of ether oxygens (including phenoxy) is 1. The van der Waals surface area contributed by atoms with Gasteiger partial charge in [-0.05, 0) is 42.0 Å². The molecule has 0 spiro atoms. The number of hydrogen-bond acceptors (Lipinski definition) is 3. The largest absolute Gasteiger partial charge is 0.497 e. The SMILES string of the molecule is COc1cccc(CN2CCN(C(=S)Nc3ccccc3Cl)CC2)c1. The molecular weight excluding hydrogens is 354 g/mol. The number of anilines is 1. The van der Waals surface area contributed by atoms with Gasteiger partial charge >= 0.3 is 0 Å². The number of hydrogen-bond donors (Lipinski definition) is 1. The summed E-state index contributed by atoms with van der Waals surface area (Å²) >= 11 is 11.7. The number of piperazine rings is 1. The molecule has 0 aliphatic carbocycles. The van der Waals surface area contributed by atoms with Crippen LogP contribution in [-0.2, 0) is 6.54 Å². The molecule has 1 aliphatic rings. The van der Waals surface area contributed by atoms with E-state index >= 15 is 0 Å². The molecule has 1 aliphatic heterocycles. The van der Waals surface area contributed by atoms with Gasteiger partial charge < -0.3 is 15.0 Å². The van der Waals surface area contributed by atoms with Crippen LogP contribution in [0.1, 0.15) is 5.56 Å². The van der Waals surface area contributed by atoms with Gasteiger partial charge in [-0.3, -0.25) is 4.90 Å². The van der Waals surface area contributed by atoms with Crippen molar-refractivity contribution in [1.82, 2.24) is 9.80 Å². The van der Waals surface area contributed by atoms with E-state index in [0.29, 0.717) is 5.02 Å². The molecule has 1 fully saturated rings. The molecule has 4 nitrogen and oxygen atoms in total. The lowest BCUT2D eigenvalue weighted by Gasteiger charge is -2.36. The van der Waals surface area contributed by atoms with Crippen molar-refractivity contribution in [3.05, 3.63) is 59.1 Å². The van der Waals surface area contributed by atoms with E-state index in [4.69, 9.17) is 28.6 Å². The Morgan fingerprint density at radius 3 is 2.60 bits per heavy atom. The Balaban J connectivity index is 1.51. The number of methoxy groups -OCH3 is 1. The molecule has 0 bridgehead atoms. The third kappa shape index (κ3) is 4.84. The van der Waals surface area contributed by atoms with Crippen molar-refractivity contribution in [3.8, 4) is 5.75 Å². The van der Waals surface area contributed by atoms with Crippen LogP contribution in [0.4, 0.5) is 5.69 Å². The first-order chi connectivity index (χ1) is 12.2. The average Bonchev–Trinajstić information content (AvgIpc) is 2.64. The molecule has 3 rings (SSSR count). The van der Waals surface area contributed by atoms with Crippen LogP contribution in [0.25, 0.3) is 0 Å². The van der Waals surface area contributed by atoms with E-state index in [1.54, 1.807) is 7.11 Å². The number of rotatable bonds is 4. The molecule has 0 radical (unpaired) electrons. The summed E-state index contributed by atoms with van der Waals surface area (Å²) in [5.74, 6) is 0.904. The molecule has 1 N–H and O–H groups in total. The van der Waals surface area contributed by atoms with E-state index in [1.165, 1.54) is 5.56 Å². The highest BCUT2D eigenvalue weighted by Gasteiger charge is 2.19. The molecule has 0 atom stereocenters. The predicted octanol–water partition coefficient (Wildman–Crippen LogP) is 3.86. The Labute approximate surface area is 159 Å². The van der Waals surface area contributed by atoms with Gasteiger partial charge in [0.05, 0.1) is 17.8 Å². The summed E-state index contributed by atoms with van der Waals surface area (Å²) in [6.45, 7) is 4.68. The van der Waals surface area contributed by atoms with E-state index < -0.39 is 0 Å². The van der Waals surface area contributed by atoms with E-state index in [-0.39, 0.29) is 0 Å². The van der Waals surface area contributed by atoms with Crippen molar-refractivity contribution < 1.29 is 4.74 Å². The molecule has 1 saturated heterocycles. The highest BCUT2D eigenvalue weighted by Crippen LogP contribution is 2.21. The zero-order valence-electron chi connectivity index (χ0n) is 14.2. The van der Waals surface area contributed by atoms with Crippen LogP contribution in [0.15, 0.2) is 48.5 Å². The lowest BCUT2D eigenvalue weighted by Crippen LogP contribution is -2.49. The molecule has 6 heteroatoms. The second-order valence-corrected chi connectivity index (χ2v) is 6.82. The fourth-order valence-electron chi connectivity index (χ4n) is 2.89. The second kappa shape index (κ2) is 8.52. The van der Waals surface area contributed by atoms with Gasteiger partial charge in [0.1, 0.15) is 5.75 Å². The summed E-state index contributed by atoms with van der Waals surface area (Å²) in [6, 6.07) is 15.9. The number of halogens is 1. The topological polar surface area (TPSA) is 27.7 Å². The number of para-hydroxylation sites is 1. The first-order valence-corrected chi connectivity index (χ1v) is 9.10.